The Hall–Kier alpha value is -1.74. The maximum Gasteiger partial charge on any atom is 0.153 e. The van der Waals surface area contributed by atoms with E-state index in [1.54, 1.807) is 31.4 Å². The number of sulfone groups is 1. The molecule has 0 aliphatic carbocycles. The topological polar surface area (TPSA) is 76.4 Å². The van der Waals surface area contributed by atoms with Gasteiger partial charge in [0.05, 0.1) is 24.7 Å². The first-order chi connectivity index (χ1) is 9.07. The van der Waals surface area contributed by atoms with Gasteiger partial charge in [-0.1, -0.05) is 0 Å². The first-order valence-corrected chi connectivity index (χ1v) is 7.74. The molecule has 5 nitrogen and oxygen atoms in total. The number of unbranched alkanes of at least 4 members (excludes halogenated alkanes) is 1. The third kappa shape index (κ3) is 6.11. The monoisotopic (exact) mass is 283 g/mol. The molecule has 0 N–H and O–H groups in total. The molecule has 0 amide bonds. The molecule has 6 heteroatoms. The number of hydrogen-bond acceptors (Lipinski definition) is 5. The molecule has 0 aromatic heterocycles. The molecule has 1 aromatic carbocycles. The quantitative estimate of drug-likeness (QED) is 0.680. The van der Waals surface area contributed by atoms with E-state index in [2.05, 4.69) is 0 Å². The van der Waals surface area contributed by atoms with Gasteiger partial charge in [0.2, 0.25) is 0 Å². The molecule has 0 atom stereocenters. The van der Waals surface area contributed by atoms with Gasteiger partial charge >= 0.3 is 0 Å². The van der Waals surface area contributed by atoms with Crippen LogP contribution in [0, 0.1) is 11.3 Å². The summed E-state index contributed by atoms with van der Waals surface area (Å²) in [5.41, 5.74) is 0. The summed E-state index contributed by atoms with van der Waals surface area (Å²) in [5, 5.41) is 8.35. The van der Waals surface area contributed by atoms with Crippen LogP contribution in [0.5, 0.6) is 11.5 Å². The first kappa shape index (κ1) is 15.3. The molecule has 1 rings (SSSR count). The van der Waals surface area contributed by atoms with Crippen molar-refractivity contribution in [3.8, 4) is 17.6 Å². The zero-order chi connectivity index (χ0) is 14.1. The minimum Gasteiger partial charge on any atom is -0.497 e. The molecule has 0 heterocycles. The van der Waals surface area contributed by atoms with E-state index in [9.17, 15) is 8.42 Å². The number of nitriles is 1. The van der Waals surface area contributed by atoms with Gasteiger partial charge in [-0.3, -0.25) is 0 Å². The smallest absolute Gasteiger partial charge is 0.153 e. The molecule has 0 spiro atoms. The van der Waals surface area contributed by atoms with E-state index in [1.807, 2.05) is 6.07 Å². The van der Waals surface area contributed by atoms with Crippen molar-refractivity contribution in [3.05, 3.63) is 24.3 Å². The normalized spacial score (nSPS) is 10.7. The summed E-state index contributed by atoms with van der Waals surface area (Å²) >= 11 is 0. The molecular weight excluding hydrogens is 266 g/mol. The van der Waals surface area contributed by atoms with Crippen LogP contribution in [0.1, 0.15) is 12.8 Å². The van der Waals surface area contributed by atoms with Crippen molar-refractivity contribution in [2.75, 3.05) is 25.2 Å². The Morgan fingerprint density at radius 1 is 1.16 bits per heavy atom. The molecular formula is C13H17NO4S. The highest BCUT2D eigenvalue weighted by atomic mass is 32.2. The van der Waals surface area contributed by atoms with E-state index in [1.165, 1.54) is 0 Å². The van der Waals surface area contributed by atoms with Crippen LogP contribution in [0.3, 0.4) is 0 Å². The largest absolute Gasteiger partial charge is 0.497 e. The highest BCUT2D eigenvalue weighted by Gasteiger charge is 2.10. The average molecular weight is 283 g/mol. The lowest BCUT2D eigenvalue weighted by Gasteiger charge is -2.07. The van der Waals surface area contributed by atoms with E-state index in [4.69, 9.17) is 14.7 Å². The van der Waals surface area contributed by atoms with Crippen molar-refractivity contribution in [1.82, 2.24) is 0 Å². The highest BCUT2D eigenvalue weighted by Crippen LogP contribution is 2.16. The van der Waals surface area contributed by atoms with Crippen molar-refractivity contribution in [2.45, 2.75) is 12.8 Å². The summed E-state index contributed by atoms with van der Waals surface area (Å²) in [6.07, 6.45) is 0.639. The van der Waals surface area contributed by atoms with Gasteiger partial charge in [0.15, 0.2) is 9.84 Å². The lowest BCUT2D eigenvalue weighted by molar-refractivity contribution is 0.339. The summed E-state index contributed by atoms with van der Waals surface area (Å²) in [6.45, 7) is 0.112. The molecule has 0 bridgehead atoms. The zero-order valence-electron chi connectivity index (χ0n) is 10.8. The summed E-state index contributed by atoms with van der Waals surface area (Å²) in [4.78, 5) is 0. The van der Waals surface area contributed by atoms with Crippen molar-refractivity contribution in [1.29, 1.82) is 5.26 Å². The van der Waals surface area contributed by atoms with Crippen LogP contribution in [0.2, 0.25) is 0 Å². The van der Waals surface area contributed by atoms with Crippen molar-refractivity contribution >= 4 is 9.84 Å². The average Bonchev–Trinajstić information content (AvgIpc) is 2.39. The Morgan fingerprint density at radius 3 is 2.37 bits per heavy atom. The van der Waals surface area contributed by atoms with Gasteiger partial charge in [0.25, 0.3) is 0 Å². The Morgan fingerprint density at radius 2 is 1.79 bits per heavy atom. The predicted octanol–water partition coefficient (Wildman–Crippen LogP) is 1.79. The molecule has 0 fully saturated rings. The second-order valence-corrected chi connectivity index (χ2v) is 6.24. The van der Waals surface area contributed by atoms with E-state index < -0.39 is 9.84 Å². The molecule has 0 radical (unpaired) electrons. The van der Waals surface area contributed by atoms with Crippen LogP contribution in [0.4, 0.5) is 0 Å². The second-order valence-electron chi connectivity index (χ2n) is 3.94. The summed E-state index contributed by atoms with van der Waals surface area (Å²) < 4.78 is 33.5. The molecule has 104 valence electrons. The van der Waals surface area contributed by atoms with Crippen LogP contribution in [0.25, 0.3) is 0 Å². The Labute approximate surface area is 113 Å². The van der Waals surface area contributed by atoms with Crippen LogP contribution >= 0.6 is 0 Å². The minimum absolute atomic E-state index is 0.0343. The number of hydrogen-bond donors (Lipinski definition) is 0. The van der Waals surface area contributed by atoms with Crippen LogP contribution in [0.15, 0.2) is 24.3 Å². The van der Waals surface area contributed by atoms with Crippen molar-refractivity contribution < 1.29 is 17.9 Å². The van der Waals surface area contributed by atoms with E-state index >= 15 is 0 Å². The van der Waals surface area contributed by atoms with Crippen LogP contribution in [-0.4, -0.2) is 33.6 Å². The number of rotatable bonds is 8. The zero-order valence-corrected chi connectivity index (χ0v) is 11.6. The molecule has 0 saturated heterocycles. The van der Waals surface area contributed by atoms with Crippen LogP contribution in [-0.2, 0) is 9.84 Å². The van der Waals surface area contributed by atoms with Gasteiger partial charge in [-0.15, -0.1) is 0 Å². The lowest BCUT2D eigenvalue weighted by atomic mass is 10.3. The van der Waals surface area contributed by atoms with Gasteiger partial charge in [-0.2, -0.15) is 5.26 Å². The number of nitrogens with zero attached hydrogens (tertiary/aromatic N) is 1. The number of benzene rings is 1. The third-order valence-electron chi connectivity index (χ3n) is 2.47. The van der Waals surface area contributed by atoms with Crippen molar-refractivity contribution in [3.63, 3.8) is 0 Å². The summed E-state index contributed by atoms with van der Waals surface area (Å²) in [6, 6.07) is 8.87. The molecule has 0 unspecified atom stereocenters. The molecule has 0 aliphatic rings. The van der Waals surface area contributed by atoms with Gasteiger partial charge in [-0.05, 0) is 30.7 Å². The molecule has 0 saturated carbocycles. The van der Waals surface area contributed by atoms with Crippen molar-refractivity contribution in [2.24, 2.45) is 0 Å². The van der Waals surface area contributed by atoms with Gasteiger partial charge in [0.1, 0.15) is 18.1 Å². The Balaban J connectivity index is 2.34. The Kier molecular flexibility index (Phi) is 6.16. The highest BCUT2D eigenvalue weighted by molar-refractivity contribution is 7.91. The maximum absolute atomic E-state index is 11.6. The molecule has 0 aliphatic heterocycles. The third-order valence-corrected chi connectivity index (χ3v) is 4.17. The first-order valence-electron chi connectivity index (χ1n) is 5.91. The molecule has 19 heavy (non-hydrogen) atoms. The van der Waals surface area contributed by atoms with Gasteiger partial charge < -0.3 is 9.47 Å². The maximum atomic E-state index is 11.6. The second kappa shape index (κ2) is 7.64. The predicted molar refractivity (Wildman–Crippen MR) is 72.0 cm³/mol. The number of ether oxygens (including phenoxy) is 2. The lowest BCUT2D eigenvalue weighted by Crippen LogP contribution is -2.17. The SMILES string of the molecule is COc1ccc(OCCS(=O)(=O)CCCC#N)cc1. The summed E-state index contributed by atoms with van der Waals surface area (Å²) in [5.74, 6) is 1.32. The van der Waals surface area contributed by atoms with E-state index in [0.717, 1.165) is 5.75 Å². The fourth-order valence-corrected chi connectivity index (χ4v) is 2.56. The minimum atomic E-state index is -3.14. The van der Waals surface area contributed by atoms with Gasteiger partial charge in [-0.25, -0.2) is 8.42 Å². The summed E-state index contributed by atoms with van der Waals surface area (Å²) in [7, 11) is -1.56. The fraction of sp³-hybridized carbons (Fsp3) is 0.462. The van der Waals surface area contributed by atoms with Crippen LogP contribution < -0.4 is 9.47 Å². The van der Waals surface area contributed by atoms with E-state index in [-0.39, 0.29) is 24.5 Å². The molecule has 1 aromatic rings. The number of methoxy groups -OCH3 is 1. The van der Waals surface area contributed by atoms with Gasteiger partial charge in [0, 0.05) is 6.42 Å². The standard InChI is InChI=1S/C13H17NO4S/c1-17-12-4-6-13(7-5-12)18-9-11-19(15,16)10-3-2-8-14/h4-7H,2-3,9-11H2,1H3. The fourth-order valence-electron chi connectivity index (χ4n) is 1.43. The van der Waals surface area contributed by atoms with E-state index in [0.29, 0.717) is 12.2 Å². The Bertz CT molecular complexity index is 517.